The van der Waals surface area contributed by atoms with Crippen LogP contribution >= 0.6 is 11.6 Å². The van der Waals surface area contributed by atoms with Crippen LogP contribution in [-0.2, 0) is 6.54 Å². The summed E-state index contributed by atoms with van der Waals surface area (Å²) in [4.78, 5) is 2.20. The van der Waals surface area contributed by atoms with Crippen LogP contribution in [0.15, 0.2) is 42.5 Å². The van der Waals surface area contributed by atoms with Crippen LogP contribution in [0.1, 0.15) is 24.5 Å². The molecule has 0 unspecified atom stereocenters. The van der Waals surface area contributed by atoms with Gasteiger partial charge in [-0.3, -0.25) is 0 Å². The number of rotatable bonds is 6. The normalized spacial score (nSPS) is 10.7. The average molecular weight is 303 g/mol. The molecule has 1 N–H and O–H groups in total. The van der Waals surface area contributed by atoms with Gasteiger partial charge < -0.3 is 10.2 Å². The summed E-state index contributed by atoms with van der Waals surface area (Å²) in [5, 5.41) is 4.23. The molecule has 0 amide bonds. The van der Waals surface area contributed by atoms with E-state index in [4.69, 9.17) is 11.6 Å². The Labute approximate surface area is 132 Å². The van der Waals surface area contributed by atoms with Crippen LogP contribution in [0.5, 0.6) is 0 Å². The van der Waals surface area contributed by atoms with Crippen LogP contribution < -0.4 is 10.2 Å². The molecule has 3 heteroatoms. The van der Waals surface area contributed by atoms with E-state index in [9.17, 15) is 0 Å². The van der Waals surface area contributed by atoms with E-state index in [1.54, 1.807) is 0 Å². The minimum absolute atomic E-state index is 0.767. The zero-order valence-electron chi connectivity index (χ0n) is 13.0. The minimum Gasteiger partial charge on any atom is -0.344 e. The lowest BCUT2D eigenvalue weighted by atomic mass is 10.1. The van der Waals surface area contributed by atoms with E-state index in [0.717, 1.165) is 30.2 Å². The van der Waals surface area contributed by atoms with Crippen molar-refractivity contribution in [2.75, 3.05) is 18.5 Å². The van der Waals surface area contributed by atoms with Gasteiger partial charge in [-0.1, -0.05) is 36.7 Å². The van der Waals surface area contributed by atoms with Gasteiger partial charge in [0.15, 0.2) is 0 Å². The Hall–Kier alpha value is -1.51. The highest BCUT2D eigenvalue weighted by Crippen LogP contribution is 2.30. The van der Waals surface area contributed by atoms with Gasteiger partial charge in [0.2, 0.25) is 0 Å². The highest BCUT2D eigenvalue weighted by atomic mass is 35.5. The van der Waals surface area contributed by atoms with Crippen LogP contribution in [0.4, 0.5) is 11.4 Å². The molecular formula is C18H23ClN2. The standard InChI is InChI=1S/C18H23ClN2/c1-4-10-20-13-15-8-9-16(19)12-18(15)21(3)17-7-5-6-14(2)11-17/h5-9,11-12,20H,4,10,13H2,1-3H3. The molecule has 0 saturated carbocycles. The van der Waals surface area contributed by atoms with E-state index < -0.39 is 0 Å². The van der Waals surface area contributed by atoms with Crippen molar-refractivity contribution in [1.29, 1.82) is 0 Å². The van der Waals surface area contributed by atoms with E-state index in [1.165, 1.54) is 16.8 Å². The average Bonchev–Trinajstić information content (AvgIpc) is 2.48. The maximum atomic E-state index is 6.19. The summed E-state index contributed by atoms with van der Waals surface area (Å²) in [5.41, 5.74) is 4.84. The maximum absolute atomic E-state index is 6.19. The molecule has 21 heavy (non-hydrogen) atoms. The second kappa shape index (κ2) is 7.48. The molecular weight excluding hydrogens is 280 g/mol. The Bertz CT molecular complexity index is 596. The predicted octanol–water partition coefficient (Wildman–Crippen LogP) is 4.92. The highest BCUT2D eigenvalue weighted by Gasteiger charge is 2.10. The fraction of sp³-hybridized carbons (Fsp3) is 0.333. The zero-order valence-corrected chi connectivity index (χ0v) is 13.7. The summed E-state index contributed by atoms with van der Waals surface area (Å²) >= 11 is 6.19. The molecule has 0 aromatic heterocycles. The Kier molecular flexibility index (Phi) is 5.66. The fourth-order valence-corrected chi connectivity index (χ4v) is 2.54. The number of benzene rings is 2. The number of hydrogen-bond donors (Lipinski definition) is 1. The van der Waals surface area contributed by atoms with Gasteiger partial charge in [0, 0.05) is 30.0 Å². The van der Waals surface area contributed by atoms with Crippen LogP contribution in [0.2, 0.25) is 5.02 Å². The molecule has 0 heterocycles. The summed E-state index contributed by atoms with van der Waals surface area (Å²) in [5.74, 6) is 0. The maximum Gasteiger partial charge on any atom is 0.0468 e. The molecule has 0 aliphatic carbocycles. The molecule has 0 bridgehead atoms. The van der Waals surface area contributed by atoms with Gasteiger partial charge in [-0.15, -0.1) is 0 Å². The third-order valence-electron chi connectivity index (χ3n) is 3.54. The Morgan fingerprint density at radius 3 is 2.67 bits per heavy atom. The van der Waals surface area contributed by atoms with Crippen molar-refractivity contribution in [2.45, 2.75) is 26.8 Å². The first-order valence-electron chi connectivity index (χ1n) is 7.41. The van der Waals surface area contributed by atoms with Crippen molar-refractivity contribution < 1.29 is 0 Å². The number of anilines is 2. The van der Waals surface area contributed by atoms with Gasteiger partial charge in [-0.05, 0) is 55.3 Å². The van der Waals surface area contributed by atoms with Crippen LogP contribution in [0.3, 0.4) is 0 Å². The second-order valence-corrected chi connectivity index (χ2v) is 5.78. The SMILES string of the molecule is CCCNCc1ccc(Cl)cc1N(C)c1cccc(C)c1. The number of nitrogens with zero attached hydrogens (tertiary/aromatic N) is 1. The lowest BCUT2D eigenvalue weighted by molar-refractivity contribution is 0.675. The van der Waals surface area contributed by atoms with E-state index in [2.05, 4.69) is 61.4 Å². The lowest BCUT2D eigenvalue weighted by Crippen LogP contribution is -2.18. The molecule has 2 aromatic carbocycles. The molecule has 0 fully saturated rings. The molecule has 0 aliphatic heterocycles. The third kappa shape index (κ3) is 4.23. The van der Waals surface area contributed by atoms with Gasteiger partial charge in [0.05, 0.1) is 0 Å². The summed E-state index contributed by atoms with van der Waals surface area (Å²) in [6.07, 6.45) is 1.14. The first-order valence-corrected chi connectivity index (χ1v) is 7.79. The number of halogens is 1. The van der Waals surface area contributed by atoms with Gasteiger partial charge in [0.25, 0.3) is 0 Å². The molecule has 0 atom stereocenters. The molecule has 0 aliphatic rings. The Balaban J connectivity index is 2.30. The minimum atomic E-state index is 0.767. The Morgan fingerprint density at radius 2 is 1.95 bits per heavy atom. The Morgan fingerprint density at radius 1 is 1.14 bits per heavy atom. The van der Waals surface area contributed by atoms with E-state index in [-0.39, 0.29) is 0 Å². The monoisotopic (exact) mass is 302 g/mol. The van der Waals surface area contributed by atoms with Crippen molar-refractivity contribution >= 4 is 23.0 Å². The molecule has 0 spiro atoms. The van der Waals surface area contributed by atoms with E-state index in [0.29, 0.717) is 0 Å². The first kappa shape index (κ1) is 15.9. The predicted molar refractivity (Wildman–Crippen MR) is 92.7 cm³/mol. The van der Waals surface area contributed by atoms with Gasteiger partial charge in [-0.2, -0.15) is 0 Å². The van der Waals surface area contributed by atoms with Gasteiger partial charge in [0.1, 0.15) is 0 Å². The van der Waals surface area contributed by atoms with Crippen molar-refractivity contribution in [3.8, 4) is 0 Å². The summed E-state index contributed by atoms with van der Waals surface area (Å²) in [6.45, 7) is 6.17. The summed E-state index contributed by atoms with van der Waals surface area (Å²) < 4.78 is 0. The lowest BCUT2D eigenvalue weighted by Gasteiger charge is -2.23. The largest absolute Gasteiger partial charge is 0.344 e. The van der Waals surface area contributed by atoms with Crippen LogP contribution in [0, 0.1) is 6.92 Å². The first-order chi connectivity index (χ1) is 10.1. The third-order valence-corrected chi connectivity index (χ3v) is 3.77. The smallest absolute Gasteiger partial charge is 0.0468 e. The molecule has 112 valence electrons. The van der Waals surface area contributed by atoms with E-state index >= 15 is 0 Å². The van der Waals surface area contributed by atoms with E-state index in [1.807, 2.05) is 12.1 Å². The highest BCUT2D eigenvalue weighted by molar-refractivity contribution is 6.30. The van der Waals surface area contributed by atoms with Crippen LogP contribution in [0.25, 0.3) is 0 Å². The topological polar surface area (TPSA) is 15.3 Å². The van der Waals surface area contributed by atoms with Crippen LogP contribution in [-0.4, -0.2) is 13.6 Å². The van der Waals surface area contributed by atoms with Gasteiger partial charge in [-0.25, -0.2) is 0 Å². The van der Waals surface area contributed by atoms with Crippen molar-refractivity contribution in [1.82, 2.24) is 5.32 Å². The second-order valence-electron chi connectivity index (χ2n) is 5.35. The number of nitrogens with one attached hydrogen (secondary N) is 1. The molecule has 0 saturated heterocycles. The molecule has 2 nitrogen and oxygen atoms in total. The number of aryl methyl sites for hydroxylation is 1. The molecule has 0 radical (unpaired) electrons. The molecule has 2 rings (SSSR count). The zero-order chi connectivity index (χ0) is 15.2. The summed E-state index contributed by atoms with van der Waals surface area (Å²) in [7, 11) is 2.09. The summed E-state index contributed by atoms with van der Waals surface area (Å²) in [6, 6.07) is 14.6. The number of hydrogen-bond acceptors (Lipinski definition) is 2. The van der Waals surface area contributed by atoms with Gasteiger partial charge >= 0.3 is 0 Å². The quantitative estimate of drug-likeness (QED) is 0.762. The fourth-order valence-electron chi connectivity index (χ4n) is 2.37. The van der Waals surface area contributed by atoms with Crippen molar-refractivity contribution in [3.05, 3.63) is 58.6 Å². The van der Waals surface area contributed by atoms with Crippen molar-refractivity contribution in [3.63, 3.8) is 0 Å². The molecule has 2 aromatic rings. The van der Waals surface area contributed by atoms with Crippen molar-refractivity contribution in [2.24, 2.45) is 0 Å².